The fraction of sp³-hybridized carbons (Fsp3) is 0.160. The minimum Gasteiger partial charge on any atom is -0.481 e. The molecule has 1 heterocycles. The van der Waals surface area contributed by atoms with Crippen LogP contribution in [0.2, 0.25) is 0 Å². The molecule has 33 heavy (non-hydrogen) atoms. The van der Waals surface area contributed by atoms with E-state index >= 15 is 0 Å². The standard InChI is InChI=1S/C25H20BrN3O4/c26-20-11-9-17(10-12-20)16-5-7-18(8-6-16)23(30)15-19(25(32)33)13-14-29-24(31)21-3-1-2-4-22(21)27-28-29/h1-12,19H,13-15H2,(H,32,33). The summed E-state index contributed by atoms with van der Waals surface area (Å²) < 4.78 is 2.13. The number of carboxylic acids is 1. The SMILES string of the molecule is O=C(CC(CCn1nnc2ccccc2c1=O)C(=O)O)c1ccc(-c2ccc(Br)cc2)cc1. The summed E-state index contributed by atoms with van der Waals surface area (Å²) in [5.74, 6) is -2.29. The minimum atomic E-state index is -1.09. The van der Waals surface area contributed by atoms with Gasteiger partial charge in [-0.25, -0.2) is 4.68 Å². The van der Waals surface area contributed by atoms with E-state index in [1.165, 1.54) is 0 Å². The van der Waals surface area contributed by atoms with E-state index in [0.29, 0.717) is 16.5 Å². The molecular formula is C25H20BrN3O4. The van der Waals surface area contributed by atoms with Crippen LogP contribution in [0.3, 0.4) is 0 Å². The van der Waals surface area contributed by atoms with Gasteiger partial charge in [0.2, 0.25) is 0 Å². The third-order valence-corrected chi connectivity index (χ3v) is 6.01. The molecule has 8 heteroatoms. The van der Waals surface area contributed by atoms with Gasteiger partial charge in [-0.3, -0.25) is 14.4 Å². The Kier molecular flexibility index (Phi) is 6.74. The summed E-state index contributed by atoms with van der Waals surface area (Å²) in [6.07, 6.45) is -0.0757. The molecule has 0 bridgehead atoms. The molecular weight excluding hydrogens is 486 g/mol. The summed E-state index contributed by atoms with van der Waals surface area (Å²) in [5, 5.41) is 17.9. The average Bonchev–Trinajstić information content (AvgIpc) is 2.83. The van der Waals surface area contributed by atoms with Gasteiger partial charge in [0.1, 0.15) is 5.52 Å². The number of aryl methyl sites for hydroxylation is 1. The predicted octanol–water partition coefficient (Wildman–Crippen LogP) is 4.58. The topological polar surface area (TPSA) is 102 Å². The maximum Gasteiger partial charge on any atom is 0.307 e. The van der Waals surface area contributed by atoms with Crippen molar-refractivity contribution in [2.75, 3.05) is 0 Å². The van der Waals surface area contributed by atoms with Crippen LogP contribution in [0.25, 0.3) is 22.0 Å². The Bertz CT molecular complexity index is 1370. The highest BCUT2D eigenvalue weighted by atomic mass is 79.9. The molecule has 7 nitrogen and oxygen atoms in total. The zero-order chi connectivity index (χ0) is 23.4. The Morgan fingerprint density at radius 3 is 2.24 bits per heavy atom. The van der Waals surface area contributed by atoms with Gasteiger partial charge in [-0.15, -0.1) is 5.10 Å². The lowest BCUT2D eigenvalue weighted by atomic mass is 9.94. The van der Waals surface area contributed by atoms with E-state index in [2.05, 4.69) is 26.2 Å². The van der Waals surface area contributed by atoms with Crippen molar-refractivity contribution in [2.45, 2.75) is 19.4 Å². The maximum atomic E-state index is 12.7. The molecule has 0 spiro atoms. The van der Waals surface area contributed by atoms with Crippen LogP contribution >= 0.6 is 15.9 Å². The van der Waals surface area contributed by atoms with Gasteiger partial charge < -0.3 is 5.11 Å². The fourth-order valence-corrected chi connectivity index (χ4v) is 3.86. The van der Waals surface area contributed by atoms with Crippen molar-refractivity contribution in [1.29, 1.82) is 0 Å². The molecule has 0 aliphatic heterocycles. The van der Waals surface area contributed by atoms with Crippen molar-refractivity contribution in [1.82, 2.24) is 15.0 Å². The van der Waals surface area contributed by atoms with E-state index in [-0.39, 0.29) is 30.7 Å². The Hall–Kier alpha value is -3.65. The van der Waals surface area contributed by atoms with Gasteiger partial charge in [-0.05, 0) is 41.8 Å². The van der Waals surface area contributed by atoms with Crippen molar-refractivity contribution >= 4 is 38.6 Å². The van der Waals surface area contributed by atoms with Crippen molar-refractivity contribution in [3.63, 3.8) is 0 Å². The Balaban J connectivity index is 1.44. The summed E-state index contributed by atoms with van der Waals surface area (Å²) in [6, 6.07) is 21.8. The quantitative estimate of drug-likeness (QED) is 0.351. The van der Waals surface area contributed by atoms with Crippen LogP contribution in [0, 0.1) is 5.92 Å². The van der Waals surface area contributed by atoms with Crippen LogP contribution in [-0.2, 0) is 11.3 Å². The Morgan fingerprint density at radius 2 is 1.58 bits per heavy atom. The lowest BCUT2D eigenvalue weighted by Gasteiger charge is -2.12. The van der Waals surface area contributed by atoms with Crippen molar-refractivity contribution in [2.24, 2.45) is 5.92 Å². The molecule has 4 aromatic rings. The molecule has 0 radical (unpaired) electrons. The number of carboxylic acid groups (broad SMARTS) is 1. The van der Waals surface area contributed by atoms with Crippen LogP contribution in [-0.4, -0.2) is 31.9 Å². The number of carbonyl (C=O) groups is 2. The number of ketones is 1. The molecule has 0 saturated heterocycles. The number of hydrogen-bond donors (Lipinski definition) is 1. The van der Waals surface area contributed by atoms with Gasteiger partial charge >= 0.3 is 5.97 Å². The van der Waals surface area contributed by atoms with Crippen LogP contribution in [0.4, 0.5) is 0 Å². The second-order valence-corrected chi connectivity index (χ2v) is 8.59. The highest BCUT2D eigenvalue weighted by molar-refractivity contribution is 9.10. The van der Waals surface area contributed by atoms with Gasteiger partial charge in [0.25, 0.3) is 5.56 Å². The minimum absolute atomic E-state index is 0.0589. The number of fused-ring (bicyclic) bond motifs is 1. The number of benzene rings is 3. The lowest BCUT2D eigenvalue weighted by Crippen LogP contribution is -2.27. The van der Waals surface area contributed by atoms with Crippen LogP contribution in [0.15, 0.2) is 82.1 Å². The number of aromatic nitrogens is 3. The number of aliphatic carboxylic acids is 1. The van der Waals surface area contributed by atoms with Gasteiger partial charge in [0, 0.05) is 23.0 Å². The molecule has 0 aliphatic carbocycles. The number of carbonyl (C=O) groups excluding carboxylic acids is 1. The molecule has 1 N–H and O–H groups in total. The van der Waals surface area contributed by atoms with Crippen LogP contribution in [0.5, 0.6) is 0 Å². The number of nitrogens with zero attached hydrogens (tertiary/aromatic N) is 3. The average molecular weight is 506 g/mol. The molecule has 0 fully saturated rings. The van der Waals surface area contributed by atoms with E-state index in [9.17, 15) is 19.5 Å². The second kappa shape index (κ2) is 9.87. The molecule has 0 aliphatic rings. The first-order chi connectivity index (χ1) is 15.9. The largest absolute Gasteiger partial charge is 0.481 e. The first kappa shape index (κ1) is 22.5. The number of Topliss-reactive ketones (excluding diaryl/α,β-unsaturated/α-hetero) is 1. The summed E-state index contributed by atoms with van der Waals surface area (Å²) in [6.45, 7) is 0.0589. The summed E-state index contributed by atoms with van der Waals surface area (Å²) in [5.41, 5.74) is 2.57. The smallest absolute Gasteiger partial charge is 0.307 e. The van der Waals surface area contributed by atoms with E-state index in [1.54, 1.807) is 36.4 Å². The lowest BCUT2D eigenvalue weighted by molar-refractivity contribution is -0.142. The van der Waals surface area contributed by atoms with Crippen molar-refractivity contribution in [3.8, 4) is 11.1 Å². The van der Waals surface area contributed by atoms with Crippen molar-refractivity contribution in [3.05, 3.63) is 93.2 Å². The molecule has 0 amide bonds. The molecule has 0 saturated carbocycles. The van der Waals surface area contributed by atoms with Gasteiger partial charge in [0.05, 0.1) is 11.3 Å². The molecule has 1 unspecified atom stereocenters. The normalized spacial score (nSPS) is 11.9. The van der Waals surface area contributed by atoms with E-state index in [1.807, 2.05) is 36.4 Å². The molecule has 1 aromatic heterocycles. The van der Waals surface area contributed by atoms with E-state index in [4.69, 9.17) is 0 Å². The van der Waals surface area contributed by atoms with E-state index in [0.717, 1.165) is 20.3 Å². The fourth-order valence-electron chi connectivity index (χ4n) is 3.59. The number of rotatable bonds is 8. The Morgan fingerprint density at radius 1 is 0.939 bits per heavy atom. The maximum absolute atomic E-state index is 12.7. The second-order valence-electron chi connectivity index (χ2n) is 7.67. The van der Waals surface area contributed by atoms with Crippen molar-refractivity contribution < 1.29 is 14.7 Å². The Labute approximate surface area is 197 Å². The third-order valence-electron chi connectivity index (χ3n) is 5.48. The van der Waals surface area contributed by atoms with Crippen LogP contribution < -0.4 is 5.56 Å². The molecule has 166 valence electrons. The highest BCUT2D eigenvalue weighted by Crippen LogP contribution is 2.23. The summed E-state index contributed by atoms with van der Waals surface area (Å²) in [7, 11) is 0. The zero-order valence-corrected chi connectivity index (χ0v) is 19.1. The zero-order valence-electron chi connectivity index (χ0n) is 17.5. The van der Waals surface area contributed by atoms with Gasteiger partial charge in [-0.2, -0.15) is 0 Å². The van der Waals surface area contributed by atoms with Gasteiger partial charge in [-0.1, -0.05) is 69.7 Å². The summed E-state index contributed by atoms with van der Waals surface area (Å²) >= 11 is 3.41. The molecule has 3 aromatic carbocycles. The highest BCUT2D eigenvalue weighted by Gasteiger charge is 2.22. The first-order valence-electron chi connectivity index (χ1n) is 10.4. The third kappa shape index (κ3) is 5.23. The predicted molar refractivity (Wildman–Crippen MR) is 128 cm³/mol. The monoisotopic (exact) mass is 505 g/mol. The van der Waals surface area contributed by atoms with Gasteiger partial charge in [0.15, 0.2) is 5.78 Å². The first-order valence-corrected chi connectivity index (χ1v) is 11.2. The summed E-state index contributed by atoms with van der Waals surface area (Å²) in [4.78, 5) is 37.1. The van der Waals surface area contributed by atoms with E-state index < -0.39 is 11.9 Å². The molecule has 4 rings (SSSR count). The van der Waals surface area contributed by atoms with Crippen LogP contribution in [0.1, 0.15) is 23.2 Å². The number of hydrogen-bond acceptors (Lipinski definition) is 5. The molecule has 1 atom stereocenters. The number of halogens is 1.